The Bertz CT molecular complexity index is 162. The maximum absolute atomic E-state index is 10.6. The number of hydrogen-bond donors (Lipinski definition) is 0. The summed E-state index contributed by atoms with van der Waals surface area (Å²) in [5, 5.41) is 0. The van der Waals surface area contributed by atoms with Gasteiger partial charge in [0.25, 0.3) is 0 Å². The highest BCUT2D eigenvalue weighted by atomic mass is 31.1. The number of hydrogen-bond acceptors (Lipinski definition) is 3. The molecule has 0 amide bonds. The van der Waals surface area contributed by atoms with Crippen LogP contribution in [0.25, 0.3) is 0 Å². The van der Waals surface area contributed by atoms with Crippen molar-refractivity contribution in [2.24, 2.45) is 0 Å². The van der Waals surface area contributed by atoms with Crippen LogP contribution in [0, 0.1) is 0 Å². The lowest BCUT2D eigenvalue weighted by Crippen LogP contribution is -1.97. The fourth-order valence-electron chi connectivity index (χ4n) is 0.495. The molecule has 0 aliphatic heterocycles. The lowest BCUT2D eigenvalue weighted by molar-refractivity contribution is -0.129. The smallest absolute Gasteiger partial charge is 0.369 e. The van der Waals surface area contributed by atoms with E-state index in [0.29, 0.717) is 5.57 Å². The Labute approximate surface area is 61.4 Å². The Kier molecular flexibility index (Phi) is 4.77. The molecule has 0 saturated carbocycles. The number of rotatable bonds is 3. The van der Waals surface area contributed by atoms with E-state index in [1.807, 2.05) is 6.92 Å². The SMILES string of the molecule is CCC=C(C)C(=O)OP=O. The van der Waals surface area contributed by atoms with E-state index in [-0.39, 0.29) is 0 Å². The molecular weight excluding hydrogens is 151 g/mol. The first-order valence-electron chi connectivity index (χ1n) is 2.93. The van der Waals surface area contributed by atoms with Crippen LogP contribution in [-0.4, -0.2) is 5.97 Å². The van der Waals surface area contributed by atoms with E-state index in [0.717, 1.165) is 6.42 Å². The summed E-state index contributed by atoms with van der Waals surface area (Å²) in [5.41, 5.74) is 0.492. The Morgan fingerprint density at radius 1 is 1.70 bits per heavy atom. The van der Waals surface area contributed by atoms with Crippen molar-refractivity contribution in [2.75, 3.05) is 0 Å². The maximum Gasteiger partial charge on any atom is 0.398 e. The fraction of sp³-hybridized carbons (Fsp3) is 0.500. The summed E-state index contributed by atoms with van der Waals surface area (Å²) in [6.45, 7) is 3.53. The van der Waals surface area contributed by atoms with E-state index in [2.05, 4.69) is 4.52 Å². The minimum absolute atomic E-state index is 0.492. The van der Waals surface area contributed by atoms with Gasteiger partial charge in [0.15, 0.2) is 0 Å². The van der Waals surface area contributed by atoms with Gasteiger partial charge in [0.05, 0.1) is 0 Å². The maximum atomic E-state index is 10.6. The van der Waals surface area contributed by atoms with Crippen LogP contribution >= 0.6 is 8.69 Å². The summed E-state index contributed by atoms with van der Waals surface area (Å²) in [7, 11) is -0.591. The molecule has 0 heterocycles. The molecule has 0 rings (SSSR count). The zero-order valence-electron chi connectivity index (χ0n) is 5.96. The molecule has 3 nitrogen and oxygen atoms in total. The number of carbonyl (C=O) groups is 1. The Morgan fingerprint density at radius 3 is 2.70 bits per heavy atom. The second-order valence-electron chi connectivity index (χ2n) is 1.75. The van der Waals surface area contributed by atoms with Crippen LogP contribution in [0.1, 0.15) is 20.3 Å². The van der Waals surface area contributed by atoms with Gasteiger partial charge >= 0.3 is 14.7 Å². The van der Waals surface area contributed by atoms with Crippen LogP contribution in [0.3, 0.4) is 0 Å². The lowest BCUT2D eigenvalue weighted by atomic mass is 10.2. The van der Waals surface area contributed by atoms with Gasteiger partial charge in [-0.25, -0.2) is 9.36 Å². The Balaban J connectivity index is 3.93. The van der Waals surface area contributed by atoms with Crippen LogP contribution in [0.15, 0.2) is 11.6 Å². The number of allylic oxidation sites excluding steroid dienone is 1. The van der Waals surface area contributed by atoms with Crippen molar-refractivity contribution in [1.29, 1.82) is 0 Å². The van der Waals surface area contributed by atoms with Gasteiger partial charge in [-0.3, -0.25) is 0 Å². The van der Waals surface area contributed by atoms with E-state index in [9.17, 15) is 9.36 Å². The van der Waals surface area contributed by atoms with Crippen molar-refractivity contribution >= 4 is 14.7 Å². The highest BCUT2D eigenvalue weighted by Gasteiger charge is 2.03. The topological polar surface area (TPSA) is 43.4 Å². The third-order valence-electron chi connectivity index (χ3n) is 0.952. The van der Waals surface area contributed by atoms with Gasteiger partial charge in [-0.1, -0.05) is 13.0 Å². The molecule has 4 heteroatoms. The highest BCUT2D eigenvalue weighted by Crippen LogP contribution is 2.03. The molecule has 0 bridgehead atoms. The van der Waals surface area contributed by atoms with Crippen molar-refractivity contribution in [3.05, 3.63) is 11.6 Å². The third-order valence-corrected chi connectivity index (χ3v) is 1.19. The van der Waals surface area contributed by atoms with Gasteiger partial charge in [0.2, 0.25) is 0 Å². The molecule has 0 atom stereocenters. The van der Waals surface area contributed by atoms with E-state index < -0.39 is 14.7 Å². The first-order chi connectivity index (χ1) is 4.72. The summed E-state index contributed by atoms with van der Waals surface area (Å²) in [6, 6.07) is 0. The molecule has 0 aromatic rings. The quantitative estimate of drug-likeness (QED) is 0.469. The zero-order valence-corrected chi connectivity index (χ0v) is 6.85. The molecule has 10 heavy (non-hydrogen) atoms. The van der Waals surface area contributed by atoms with E-state index in [4.69, 9.17) is 0 Å². The molecule has 0 unspecified atom stereocenters. The van der Waals surface area contributed by atoms with Gasteiger partial charge in [0.1, 0.15) is 0 Å². The van der Waals surface area contributed by atoms with Gasteiger partial charge in [-0.2, -0.15) is 0 Å². The Hall–Kier alpha value is -0.690. The normalized spacial score (nSPS) is 11.6. The summed E-state index contributed by atoms with van der Waals surface area (Å²) in [4.78, 5) is 10.6. The second kappa shape index (κ2) is 5.12. The number of carbonyl (C=O) groups excluding carboxylic acids is 1. The summed E-state index contributed by atoms with van der Waals surface area (Å²) >= 11 is 0. The van der Waals surface area contributed by atoms with Crippen molar-refractivity contribution in [3.63, 3.8) is 0 Å². The zero-order chi connectivity index (χ0) is 7.98. The largest absolute Gasteiger partial charge is 0.398 e. The van der Waals surface area contributed by atoms with Crippen LogP contribution in [0.5, 0.6) is 0 Å². The van der Waals surface area contributed by atoms with E-state index in [1.54, 1.807) is 13.0 Å². The molecule has 0 radical (unpaired) electrons. The first kappa shape index (κ1) is 9.31. The van der Waals surface area contributed by atoms with Crippen molar-refractivity contribution in [3.8, 4) is 0 Å². The molecular formula is C6H9O3P. The molecule has 56 valence electrons. The lowest BCUT2D eigenvalue weighted by Gasteiger charge is -1.92. The summed E-state index contributed by atoms with van der Waals surface area (Å²) in [5.74, 6) is -0.529. The molecule has 0 aromatic heterocycles. The van der Waals surface area contributed by atoms with Crippen molar-refractivity contribution in [2.45, 2.75) is 20.3 Å². The fourth-order valence-corrected chi connectivity index (χ4v) is 0.707. The van der Waals surface area contributed by atoms with Crippen LogP contribution in [0.4, 0.5) is 0 Å². The molecule has 0 fully saturated rings. The first-order valence-corrected chi connectivity index (χ1v) is 3.66. The third kappa shape index (κ3) is 3.36. The van der Waals surface area contributed by atoms with Gasteiger partial charge in [-0.05, 0) is 13.3 Å². The summed E-state index contributed by atoms with van der Waals surface area (Å²) < 4.78 is 13.9. The molecule has 0 saturated heterocycles. The minimum atomic E-state index is -0.591. The minimum Gasteiger partial charge on any atom is -0.369 e. The van der Waals surface area contributed by atoms with Crippen LogP contribution in [0.2, 0.25) is 0 Å². The standard InChI is InChI=1S/C6H9O3P/c1-3-4-5(2)6(7)9-10-8/h4H,3H2,1-2H3. The highest BCUT2D eigenvalue weighted by molar-refractivity contribution is 7.18. The molecule has 0 spiro atoms. The molecule has 0 N–H and O–H groups in total. The van der Waals surface area contributed by atoms with Crippen molar-refractivity contribution < 1.29 is 13.9 Å². The van der Waals surface area contributed by atoms with Gasteiger partial charge in [-0.15, -0.1) is 0 Å². The van der Waals surface area contributed by atoms with Crippen molar-refractivity contribution in [1.82, 2.24) is 0 Å². The van der Waals surface area contributed by atoms with Gasteiger partial charge < -0.3 is 4.52 Å². The van der Waals surface area contributed by atoms with E-state index in [1.165, 1.54) is 0 Å². The average Bonchev–Trinajstić information content (AvgIpc) is 1.89. The monoisotopic (exact) mass is 160 g/mol. The molecule has 0 aromatic carbocycles. The van der Waals surface area contributed by atoms with Crippen LogP contribution in [-0.2, 0) is 13.9 Å². The molecule has 0 aliphatic carbocycles. The predicted molar refractivity (Wildman–Crippen MR) is 37.7 cm³/mol. The second-order valence-corrected chi connectivity index (χ2v) is 2.08. The van der Waals surface area contributed by atoms with Crippen LogP contribution < -0.4 is 0 Å². The predicted octanol–water partition coefficient (Wildman–Crippen LogP) is 2.09. The molecule has 0 aliphatic rings. The Morgan fingerprint density at radius 2 is 2.30 bits per heavy atom. The van der Waals surface area contributed by atoms with E-state index >= 15 is 0 Å². The summed E-state index contributed by atoms with van der Waals surface area (Å²) in [6.07, 6.45) is 2.49. The average molecular weight is 160 g/mol. The van der Waals surface area contributed by atoms with Gasteiger partial charge in [0, 0.05) is 5.57 Å².